The summed E-state index contributed by atoms with van der Waals surface area (Å²) >= 11 is 0. The van der Waals surface area contributed by atoms with Gasteiger partial charge in [0, 0.05) is 19.3 Å². The minimum absolute atomic E-state index is 0.153. The molecular weight excluding hydrogens is 210 g/mol. The summed E-state index contributed by atoms with van der Waals surface area (Å²) in [6.07, 6.45) is 3.85. The molecule has 2 aromatic rings. The van der Waals surface area contributed by atoms with Gasteiger partial charge in [-0.2, -0.15) is 5.10 Å². The number of hydrogen-bond donors (Lipinski definition) is 1. The summed E-state index contributed by atoms with van der Waals surface area (Å²) in [7, 11) is 1.94. The number of rotatable bonds is 4. The predicted octanol–water partition coefficient (Wildman–Crippen LogP) is 1.84. The van der Waals surface area contributed by atoms with Crippen molar-refractivity contribution in [2.24, 2.45) is 12.8 Å². The first-order chi connectivity index (χ1) is 8.15. The lowest BCUT2D eigenvalue weighted by Gasteiger charge is -2.10. The predicted molar refractivity (Wildman–Crippen MR) is 69.8 cm³/mol. The van der Waals surface area contributed by atoms with Gasteiger partial charge in [0.15, 0.2) is 0 Å². The van der Waals surface area contributed by atoms with Crippen LogP contribution in [0.4, 0.5) is 0 Å². The molecule has 0 aliphatic heterocycles. The molecule has 0 bridgehead atoms. The van der Waals surface area contributed by atoms with Gasteiger partial charge in [0.2, 0.25) is 0 Å². The van der Waals surface area contributed by atoms with Gasteiger partial charge in [0.1, 0.15) is 0 Å². The van der Waals surface area contributed by atoms with Crippen LogP contribution in [0.25, 0.3) is 0 Å². The molecule has 3 nitrogen and oxygen atoms in total. The van der Waals surface area contributed by atoms with Gasteiger partial charge in [-0.3, -0.25) is 4.68 Å². The molecule has 0 aliphatic rings. The second kappa shape index (κ2) is 5.15. The van der Waals surface area contributed by atoms with Crippen LogP contribution in [0.3, 0.4) is 0 Å². The van der Waals surface area contributed by atoms with Crippen molar-refractivity contribution >= 4 is 0 Å². The van der Waals surface area contributed by atoms with Crippen molar-refractivity contribution < 1.29 is 0 Å². The average molecular weight is 229 g/mol. The molecule has 1 unspecified atom stereocenters. The monoisotopic (exact) mass is 229 g/mol. The molecule has 90 valence electrons. The molecule has 0 saturated heterocycles. The minimum atomic E-state index is 0.153. The lowest BCUT2D eigenvalue weighted by molar-refractivity contribution is 0.662. The van der Waals surface area contributed by atoms with Gasteiger partial charge in [-0.1, -0.05) is 30.3 Å². The second-order valence-electron chi connectivity index (χ2n) is 4.57. The summed E-state index contributed by atoms with van der Waals surface area (Å²) in [4.78, 5) is 0. The van der Waals surface area contributed by atoms with Crippen LogP contribution in [0, 0.1) is 6.92 Å². The Bertz CT molecular complexity index is 473. The Morgan fingerprint density at radius 2 is 1.94 bits per heavy atom. The zero-order valence-corrected chi connectivity index (χ0v) is 10.4. The van der Waals surface area contributed by atoms with E-state index >= 15 is 0 Å². The highest BCUT2D eigenvalue weighted by Crippen LogP contribution is 2.10. The van der Waals surface area contributed by atoms with Crippen molar-refractivity contribution in [1.82, 2.24) is 9.78 Å². The fourth-order valence-electron chi connectivity index (χ4n) is 2.12. The Morgan fingerprint density at radius 1 is 1.24 bits per heavy atom. The summed E-state index contributed by atoms with van der Waals surface area (Å²) in [5, 5.41) is 4.33. The van der Waals surface area contributed by atoms with Crippen LogP contribution in [0.15, 0.2) is 36.5 Å². The zero-order chi connectivity index (χ0) is 12.3. The van der Waals surface area contributed by atoms with Gasteiger partial charge >= 0.3 is 0 Å². The number of nitrogens with two attached hydrogens (primary N) is 1. The number of aromatic nitrogens is 2. The van der Waals surface area contributed by atoms with Gasteiger partial charge < -0.3 is 5.73 Å². The summed E-state index contributed by atoms with van der Waals surface area (Å²) in [5.74, 6) is 0. The van der Waals surface area contributed by atoms with Crippen LogP contribution < -0.4 is 5.73 Å². The zero-order valence-electron chi connectivity index (χ0n) is 10.4. The fourth-order valence-corrected chi connectivity index (χ4v) is 2.12. The lowest BCUT2D eigenvalue weighted by atomic mass is 10.0. The maximum Gasteiger partial charge on any atom is 0.0626 e. The number of hydrogen-bond acceptors (Lipinski definition) is 2. The molecule has 0 amide bonds. The van der Waals surface area contributed by atoms with E-state index in [2.05, 4.69) is 35.6 Å². The molecule has 3 heteroatoms. The first-order valence-electron chi connectivity index (χ1n) is 5.94. The van der Waals surface area contributed by atoms with E-state index in [0.717, 1.165) is 18.5 Å². The van der Waals surface area contributed by atoms with Crippen molar-refractivity contribution in [1.29, 1.82) is 0 Å². The highest BCUT2D eigenvalue weighted by atomic mass is 15.2. The Balaban J connectivity index is 1.98. The normalized spacial score (nSPS) is 12.6. The molecule has 0 fully saturated rings. The Labute approximate surface area is 102 Å². The quantitative estimate of drug-likeness (QED) is 0.869. The molecule has 1 heterocycles. The Morgan fingerprint density at radius 3 is 2.53 bits per heavy atom. The Kier molecular flexibility index (Phi) is 3.59. The van der Waals surface area contributed by atoms with Crippen LogP contribution in [0.5, 0.6) is 0 Å². The maximum atomic E-state index is 6.18. The average Bonchev–Trinajstić information content (AvgIpc) is 2.58. The lowest BCUT2D eigenvalue weighted by Crippen LogP contribution is -2.25. The van der Waals surface area contributed by atoms with E-state index in [0.29, 0.717) is 0 Å². The second-order valence-corrected chi connectivity index (χ2v) is 4.57. The molecule has 2 N–H and O–H groups in total. The molecular formula is C14H19N3. The smallest absolute Gasteiger partial charge is 0.0626 e. The van der Waals surface area contributed by atoms with E-state index in [1.165, 1.54) is 11.1 Å². The summed E-state index contributed by atoms with van der Waals surface area (Å²) in [5.41, 5.74) is 9.80. The summed E-state index contributed by atoms with van der Waals surface area (Å²) < 4.78 is 1.85. The molecule has 1 aromatic carbocycles. The van der Waals surface area contributed by atoms with Gasteiger partial charge in [-0.05, 0) is 30.9 Å². The first kappa shape index (κ1) is 11.9. The van der Waals surface area contributed by atoms with Gasteiger partial charge in [0.25, 0.3) is 0 Å². The standard InChI is InChI=1S/C14H19N3/c1-11-13(10-17(2)16-11)9-14(15)8-12-6-4-3-5-7-12/h3-7,10,14H,8-9,15H2,1-2H3. The summed E-state index contributed by atoms with van der Waals surface area (Å²) in [6, 6.07) is 10.5. The molecule has 1 atom stereocenters. The molecule has 2 rings (SSSR count). The molecule has 0 radical (unpaired) electrons. The molecule has 17 heavy (non-hydrogen) atoms. The third kappa shape index (κ3) is 3.17. The van der Waals surface area contributed by atoms with Crippen molar-refractivity contribution in [3.8, 4) is 0 Å². The van der Waals surface area contributed by atoms with Crippen LogP contribution in [0.1, 0.15) is 16.8 Å². The van der Waals surface area contributed by atoms with Crippen LogP contribution in [-0.2, 0) is 19.9 Å². The van der Waals surface area contributed by atoms with Crippen LogP contribution in [0.2, 0.25) is 0 Å². The van der Waals surface area contributed by atoms with Gasteiger partial charge in [-0.15, -0.1) is 0 Å². The topological polar surface area (TPSA) is 43.8 Å². The molecule has 0 saturated carbocycles. The van der Waals surface area contributed by atoms with Gasteiger partial charge in [-0.25, -0.2) is 0 Å². The summed E-state index contributed by atoms with van der Waals surface area (Å²) in [6.45, 7) is 2.03. The first-order valence-corrected chi connectivity index (χ1v) is 5.94. The van der Waals surface area contributed by atoms with E-state index in [1.807, 2.05) is 24.7 Å². The van der Waals surface area contributed by atoms with E-state index in [9.17, 15) is 0 Å². The SMILES string of the molecule is Cc1nn(C)cc1CC(N)Cc1ccccc1. The third-order valence-electron chi connectivity index (χ3n) is 2.94. The van der Waals surface area contributed by atoms with E-state index < -0.39 is 0 Å². The fraction of sp³-hybridized carbons (Fsp3) is 0.357. The third-order valence-corrected chi connectivity index (χ3v) is 2.94. The van der Waals surface area contributed by atoms with Crippen molar-refractivity contribution in [2.75, 3.05) is 0 Å². The molecule has 1 aromatic heterocycles. The molecule has 0 spiro atoms. The van der Waals surface area contributed by atoms with Crippen molar-refractivity contribution in [2.45, 2.75) is 25.8 Å². The Hall–Kier alpha value is -1.61. The minimum Gasteiger partial charge on any atom is -0.327 e. The largest absolute Gasteiger partial charge is 0.327 e. The van der Waals surface area contributed by atoms with E-state index in [1.54, 1.807) is 0 Å². The van der Waals surface area contributed by atoms with Crippen molar-refractivity contribution in [3.63, 3.8) is 0 Å². The van der Waals surface area contributed by atoms with Crippen LogP contribution in [-0.4, -0.2) is 15.8 Å². The van der Waals surface area contributed by atoms with Crippen LogP contribution >= 0.6 is 0 Å². The van der Waals surface area contributed by atoms with E-state index in [-0.39, 0.29) is 6.04 Å². The number of nitrogens with zero attached hydrogens (tertiary/aromatic N) is 2. The number of benzene rings is 1. The molecule has 0 aliphatic carbocycles. The maximum absolute atomic E-state index is 6.18. The highest BCUT2D eigenvalue weighted by molar-refractivity contribution is 5.19. The van der Waals surface area contributed by atoms with E-state index in [4.69, 9.17) is 5.73 Å². The van der Waals surface area contributed by atoms with Crippen molar-refractivity contribution in [3.05, 3.63) is 53.3 Å². The number of aryl methyl sites for hydroxylation is 2. The highest BCUT2D eigenvalue weighted by Gasteiger charge is 2.09. The van der Waals surface area contributed by atoms with Gasteiger partial charge in [0.05, 0.1) is 5.69 Å².